The van der Waals surface area contributed by atoms with Gasteiger partial charge in [0, 0.05) is 21.5 Å². The van der Waals surface area contributed by atoms with Crippen molar-refractivity contribution in [1.29, 1.82) is 5.26 Å². The van der Waals surface area contributed by atoms with Crippen LogP contribution in [-0.4, -0.2) is 10.5 Å². The van der Waals surface area contributed by atoms with E-state index in [-0.39, 0.29) is 11.3 Å². The summed E-state index contributed by atoms with van der Waals surface area (Å²) in [6, 6.07) is 15.7. The van der Waals surface area contributed by atoms with Gasteiger partial charge >= 0.3 is 0 Å². The maximum absolute atomic E-state index is 13.8. The number of hydrogen-bond acceptors (Lipinski definition) is 2. The molecule has 0 saturated heterocycles. The molecule has 29 heavy (non-hydrogen) atoms. The lowest BCUT2D eigenvalue weighted by Gasteiger charge is -2.11. The van der Waals surface area contributed by atoms with Crippen molar-refractivity contribution in [3.63, 3.8) is 0 Å². The number of carbonyl (C=O) groups is 1. The minimum atomic E-state index is -0.651. The highest BCUT2D eigenvalue weighted by Crippen LogP contribution is 2.26. The van der Waals surface area contributed by atoms with Crippen molar-refractivity contribution in [1.82, 2.24) is 4.57 Å². The zero-order chi connectivity index (χ0) is 21.1. The number of anilines is 1. The summed E-state index contributed by atoms with van der Waals surface area (Å²) in [6.07, 6.45) is 1.53. The van der Waals surface area contributed by atoms with Crippen molar-refractivity contribution < 1.29 is 9.18 Å². The van der Waals surface area contributed by atoms with Crippen LogP contribution in [0.15, 0.2) is 58.6 Å². The van der Waals surface area contributed by atoms with E-state index in [1.165, 1.54) is 24.3 Å². The molecule has 1 aromatic heterocycles. The predicted octanol–water partition coefficient (Wildman–Crippen LogP) is 5.85. The zero-order valence-electron chi connectivity index (χ0n) is 16.3. The lowest BCUT2D eigenvalue weighted by Crippen LogP contribution is -2.14. The van der Waals surface area contributed by atoms with Crippen LogP contribution >= 0.6 is 15.9 Å². The third kappa shape index (κ3) is 4.30. The van der Waals surface area contributed by atoms with Crippen LogP contribution in [-0.2, 0) is 4.79 Å². The van der Waals surface area contributed by atoms with Crippen LogP contribution in [0.3, 0.4) is 0 Å². The van der Waals surface area contributed by atoms with Gasteiger partial charge in [-0.1, -0.05) is 28.1 Å². The number of halogens is 2. The number of nitrogens with one attached hydrogen (secondary N) is 1. The summed E-state index contributed by atoms with van der Waals surface area (Å²) in [5, 5.41) is 11.9. The van der Waals surface area contributed by atoms with Crippen LogP contribution in [0.25, 0.3) is 11.8 Å². The first-order chi connectivity index (χ1) is 13.8. The Morgan fingerprint density at radius 2 is 1.90 bits per heavy atom. The fraction of sp³-hybridized carbons (Fsp3) is 0.130. The van der Waals surface area contributed by atoms with Gasteiger partial charge in [-0.15, -0.1) is 0 Å². The second-order valence-corrected chi connectivity index (χ2v) is 7.55. The van der Waals surface area contributed by atoms with Gasteiger partial charge in [-0.25, -0.2) is 4.39 Å². The normalized spacial score (nSPS) is 11.2. The van der Waals surface area contributed by atoms with Gasteiger partial charge in [-0.05, 0) is 74.4 Å². The van der Waals surface area contributed by atoms with Gasteiger partial charge in [0.15, 0.2) is 0 Å². The first-order valence-corrected chi connectivity index (χ1v) is 9.74. The maximum Gasteiger partial charge on any atom is 0.266 e. The third-order valence-electron chi connectivity index (χ3n) is 4.66. The molecule has 0 spiro atoms. The summed E-state index contributed by atoms with van der Waals surface area (Å²) in [7, 11) is 0. The van der Waals surface area contributed by atoms with Crippen LogP contribution in [0.1, 0.15) is 22.5 Å². The molecule has 1 N–H and O–H groups in total. The lowest BCUT2D eigenvalue weighted by atomic mass is 10.1. The van der Waals surface area contributed by atoms with E-state index >= 15 is 0 Å². The van der Waals surface area contributed by atoms with Crippen molar-refractivity contribution in [2.75, 3.05) is 5.32 Å². The maximum atomic E-state index is 13.8. The Kier molecular flexibility index (Phi) is 6.00. The van der Waals surface area contributed by atoms with E-state index < -0.39 is 11.7 Å². The number of carbonyl (C=O) groups excluding carboxylic acids is 1. The van der Waals surface area contributed by atoms with Crippen LogP contribution in [0, 0.1) is 37.9 Å². The van der Waals surface area contributed by atoms with Crippen LogP contribution in [0.2, 0.25) is 0 Å². The third-order valence-corrected chi connectivity index (χ3v) is 5.55. The molecule has 0 bridgehead atoms. The first kappa shape index (κ1) is 20.6. The molecule has 3 aromatic rings. The minimum absolute atomic E-state index is 0.0365. The minimum Gasteiger partial charge on any atom is -0.319 e. The second kappa shape index (κ2) is 8.46. The number of hydrogen-bond donors (Lipinski definition) is 1. The zero-order valence-corrected chi connectivity index (χ0v) is 17.8. The molecule has 146 valence electrons. The number of amides is 1. The van der Waals surface area contributed by atoms with E-state index in [2.05, 4.69) is 31.9 Å². The van der Waals surface area contributed by atoms with Crippen LogP contribution in [0.4, 0.5) is 10.1 Å². The topological polar surface area (TPSA) is 57.8 Å². The van der Waals surface area contributed by atoms with Crippen molar-refractivity contribution in [3.05, 3.63) is 86.9 Å². The Bertz CT molecular complexity index is 1170. The standard InChI is InChI=1S/C23H19BrFN3O/c1-14-10-19(8-9-20(14)24)28-15(2)11-17(16(28)3)12-18(13-26)23(29)27-22-7-5-4-6-21(22)25/h4-12H,1-3H3,(H,27,29). The molecule has 3 rings (SSSR count). The molecule has 0 radical (unpaired) electrons. The Morgan fingerprint density at radius 3 is 2.55 bits per heavy atom. The fourth-order valence-electron chi connectivity index (χ4n) is 3.16. The Morgan fingerprint density at radius 1 is 1.17 bits per heavy atom. The Labute approximate surface area is 177 Å². The molecule has 1 heterocycles. The van der Waals surface area contributed by atoms with E-state index in [0.717, 1.165) is 32.7 Å². The highest BCUT2D eigenvalue weighted by molar-refractivity contribution is 9.10. The first-order valence-electron chi connectivity index (χ1n) is 8.95. The number of nitriles is 1. The van der Waals surface area contributed by atoms with Crippen LogP contribution < -0.4 is 5.32 Å². The van der Waals surface area contributed by atoms with Gasteiger partial charge in [0.1, 0.15) is 17.5 Å². The molecule has 0 atom stereocenters. The molecule has 0 saturated carbocycles. The van der Waals surface area contributed by atoms with E-state index in [9.17, 15) is 14.4 Å². The monoisotopic (exact) mass is 451 g/mol. The molecule has 1 amide bonds. The van der Waals surface area contributed by atoms with Gasteiger partial charge in [0.25, 0.3) is 5.91 Å². The molecule has 2 aromatic carbocycles. The Hall–Kier alpha value is -3.17. The average Bonchev–Trinajstić information content (AvgIpc) is 2.97. The van der Waals surface area contributed by atoms with E-state index in [4.69, 9.17) is 0 Å². The van der Waals surface area contributed by atoms with Gasteiger partial charge in [-0.3, -0.25) is 4.79 Å². The molecule has 0 aliphatic carbocycles. The number of aromatic nitrogens is 1. The van der Waals surface area contributed by atoms with Gasteiger partial charge < -0.3 is 9.88 Å². The number of nitrogens with zero attached hydrogens (tertiary/aromatic N) is 2. The SMILES string of the molecule is Cc1cc(-n2c(C)cc(C=C(C#N)C(=O)Nc3ccccc3F)c2C)ccc1Br. The smallest absolute Gasteiger partial charge is 0.266 e. The number of benzene rings is 2. The molecular formula is C23H19BrFN3O. The second-order valence-electron chi connectivity index (χ2n) is 6.70. The van der Waals surface area contributed by atoms with Crippen molar-refractivity contribution >= 4 is 33.6 Å². The summed E-state index contributed by atoms with van der Waals surface area (Å²) in [6.45, 7) is 5.91. The van der Waals surface area contributed by atoms with Crippen molar-refractivity contribution in [2.24, 2.45) is 0 Å². The van der Waals surface area contributed by atoms with Crippen molar-refractivity contribution in [2.45, 2.75) is 20.8 Å². The highest BCUT2D eigenvalue weighted by atomic mass is 79.9. The average molecular weight is 452 g/mol. The molecule has 0 fully saturated rings. The highest BCUT2D eigenvalue weighted by Gasteiger charge is 2.15. The summed E-state index contributed by atoms with van der Waals surface area (Å²) in [4.78, 5) is 12.5. The summed E-state index contributed by atoms with van der Waals surface area (Å²) in [5.74, 6) is -1.20. The summed E-state index contributed by atoms with van der Waals surface area (Å²) < 4.78 is 16.9. The molecule has 0 aliphatic heterocycles. The van der Waals surface area contributed by atoms with Gasteiger partial charge in [-0.2, -0.15) is 5.26 Å². The number of aryl methyl sites for hydroxylation is 2. The van der Waals surface area contributed by atoms with E-state index in [1.54, 1.807) is 6.07 Å². The number of para-hydroxylation sites is 1. The summed E-state index contributed by atoms with van der Waals surface area (Å²) in [5.41, 5.74) is 4.67. The molecule has 4 nitrogen and oxygen atoms in total. The quantitative estimate of drug-likeness (QED) is 0.399. The predicted molar refractivity (Wildman–Crippen MR) is 116 cm³/mol. The van der Waals surface area contributed by atoms with Gasteiger partial charge in [0.2, 0.25) is 0 Å². The lowest BCUT2D eigenvalue weighted by molar-refractivity contribution is -0.112. The molecular weight excluding hydrogens is 433 g/mol. The molecule has 0 aliphatic rings. The largest absolute Gasteiger partial charge is 0.319 e. The van der Waals surface area contributed by atoms with Crippen LogP contribution in [0.5, 0.6) is 0 Å². The van der Waals surface area contributed by atoms with E-state index in [0.29, 0.717) is 0 Å². The number of rotatable bonds is 4. The Balaban J connectivity index is 1.96. The van der Waals surface area contributed by atoms with E-state index in [1.807, 2.05) is 45.0 Å². The molecule has 0 unspecified atom stereocenters. The molecule has 6 heteroatoms. The summed E-state index contributed by atoms with van der Waals surface area (Å²) >= 11 is 3.51. The van der Waals surface area contributed by atoms with Gasteiger partial charge in [0.05, 0.1) is 5.69 Å². The fourth-order valence-corrected chi connectivity index (χ4v) is 3.40. The van der Waals surface area contributed by atoms with Crippen molar-refractivity contribution in [3.8, 4) is 11.8 Å².